The van der Waals surface area contributed by atoms with E-state index < -0.39 is 0 Å². The highest BCUT2D eigenvalue weighted by Gasteiger charge is 2.01. The van der Waals surface area contributed by atoms with Crippen molar-refractivity contribution in [2.75, 3.05) is 6.61 Å². The van der Waals surface area contributed by atoms with Crippen LogP contribution in [0.4, 0.5) is 0 Å². The SMILES string of the molecule is [2H]C=C1CCCO1. The van der Waals surface area contributed by atoms with Gasteiger partial charge in [0.25, 0.3) is 0 Å². The zero-order valence-electron chi connectivity index (χ0n) is 4.61. The van der Waals surface area contributed by atoms with Crippen molar-refractivity contribution in [2.45, 2.75) is 12.8 Å². The summed E-state index contributed by atoms with van der Waals surface area (Å²) in [6.07, 6.45) is 2.05. The molecule has 0 N–H and O–H groups in total. The van der Waals surface area contributed by atoms with E-state index >= 15 is 0 Å². The molecule has 0 amide bonds. The molecule has 0 aromatic rings. The van der Waals surface area contributed by atoms with Crippen molar-refractivity contribution in [2.24, 2.45) is 0 Å². The Morgan fingerprint density at radius 2 is 3.00 bits per heavy atom. The largest absolute Gasteiger partial charge is 0.499 e. The van der Waals surface area contributed by atoms with Gasteiger partial charge in [-0.15, -0.1) is 0 Å². The normalized spacial score (nSPS) is 30.0. The number of rotatable bonds is 0. The lowest BCUT2D eigenvalue weighted by atomic mass is 10.3. The van der Waals surface area contributed by atoms with E-state index in [0.717, 1.165) is 25.2 Å². The fraction of sp³-hybridized carbons (Fsp3) is 0.600. The van der Waals surface area contributed by atoms with E-state index in [2.05, 4.69) is 0 Å². The summed E-state index contributed by atoms with van der Waals surface area (Å²) in [7, 11) is 0. The Morgan fingerprint density at radius 3 is 3.33 bits per heavy atom. The molecule has 1 saturated heterocycles. The van der Waals surface area contributed by atoms with E-state index in [-0.39, 0.29) is 0 Å². The van der Waals surface area contributed by atoms with Gasteiger partial charge in [-0.25, -0.2) is 0 Å². The van der Waals surface area contributed by atoms with Crippen LogP contribution in [-0.4, -0.2) is 6.61 Å². The lowest BCUT2D eigenvalue weighted by molar-refractivity contribution is 0.265. The minimum Gasteiger partial charge on any atom is -0.499 e. The van der Waals surface area contributed by atoms with Crippen molar-refractivity contribution in [1.82, 2.24) is 0 Å². The molecule has 0 spiro atoms. The van der Waals surface area contributed by atoms with Crippen LogP contribution in [0, 0.1) is 0 Å². The summed E-state index contributed by atoms with van der Waals surface area (Å²) < 4.78 is 11.7. The first-order chi connectivity index (χ1) is 3.43. The lowest BCUT2D eigenvalue weighted by Crippen LogP contribution is -1.72. The Bertz CT molecular complexity index is 80.1. The molecule has 34 valence electrons. The zero-order valence-corrected chi connectivity index (χ0v) is 3.61. The van der Waals surface area contributed by atoms with Gasteiger partial charge in [0.05, 0.1) is 13.7 Å². The van der Waals surface area contributed by atoms with E-state index in [1.165, 1.54) is 6.55 Å². The van der Waals surface area contributed by atoms with Gasteiger partial charge in [0.2, 0.25) is 0 Å². The molecule has 1 heteroatoms. The van der Waals surface area contributed by atoms with Gasteiger partial charge in [0.15, 0.2) is 0 Å². The van der Waals surface area contributed by atoms with Crippen LogP contribution >= 0.6 is 0 Å². The Kier molecular flexibility index (Phi) is 0.592. The standard InChI is InChI=1S/C5H8O/c1-5-3-2-4-6-5/h1-4H2/i1D. The van der Waals surface area contributed by atoms with Gasteiger partial charge in [-0.3, -0.25) is 0 Å². The summed E-state index contributed by atoms with van der Waals surface area (Å²) in [4.78, 5) is 0. The average molecular weight is 85.1 g/mol. The molecule has 1 fully saturated rings. The molecule has 0 unspecified atom stereocenters. The summed E-state index contributed by atoms with van der Waals surface area (Å²) in [5.74, 6) is 0.833. The first-order valence-corrected chi connectivity index (χ1v) is 2.14. The highest BCUT2D eigenvalue weighted by Crippen LogP contribution is 2.11. The van der Waals surface area contributed by atoms with E-state index in [9.17, 15) is 0 Å². The zero-order chi connectivity index (χ0) is 5.11. The molecule has 0 saturated carbocycles. The van der Waals surface area contributed by atoms with Gasteiger partial charge >= 0.3 is 0 Å². The number of ether oxygens (including phenoxy) is 1. The molecule has 0 bridgehead atoms. The fourth-order valence-electron chi connectivity index (χ4n) is 0.522. The third-order valence-corrected chi connectivity index (χ3v) is 0.855. The second kappa shape index (κ2) is 1.33. The van der Waals surface area contributed by atoms with Crippen LogP contribution in [0.15, 0.2) is 12.3 Å². The van der Waals surface area contributed by atoms with E-state index in [4.69, 9.17) is 6.11 Å². The summed E-state index contributed by atoms with van der Waals surface area (Å²) in [6, 6.07) is 0. The van der Waals surface area contributed by atoms with Crippen molar-refractivity contribution in [3.05, 3.63) is 12.3 Å². The topological polar surface area (TPSA) is 9.23 Å². The van der Waals surface area contributed by atoms with Crippen molar-refractivity contribution in [1.29, 1.82) is 0 Å². The lowest BCUT2D eigenvalue weighted by Gasteiger charge is -1.87. The Morgan fingerprint density at radius 1 is 2.00 bits per heavy atom. The maximum atomic E-state index is 6.71. The summed E-state index contributed by atoms with van der Waals surface area (Å²) in [5.41, 5.74) is 0. The molecule has 0 aliphatic carbocycles. The third-order valence-electron chi connectivity index (χ3n) is 0.855. The maximum Gasteiger partial charge on any atom is 0.0889 e. The Balaban J connectivity index is 2.41. The summed E-state index contributed by atoms with van der Waals surface area (Å²) in [5, 5.41) is 0. The van der Waals surface area contributed by atoms with Crippen LogP contribution in [0.3, 0.4) is 0 Å². The van der Waals surface area contributed by atoms with Gasteiger partial charge < -0.3 is 4.74 Å². The number of allylic oxidation sites excluding steroid dienone is 1. The molecular formula is C5H8O. The summed E-state index contributed by atoms with van der Waals surface area (Å²) in [6.45, 7) is 2.09. The second-order valence-electron chi connectivity index (χ2n) is 1.42. The van der Waals surface area contributed by atoms with Gasteiger partial charge in [0, 0.05) is 6.42 Å². The molecule has 1 nitrogen and oxygen atoms in total. The van der Waals surface area contributed by atoms with Crippen molar-refractivity contribution >= 4 is 0 Å². The minimum atomic E-state index is 0.810. The van der Waals surface area contributed by atoms with Crippen molar-refractivity contribution in [3.63, 3.8) is 0 Å². The highest BCUT2D eigenvalue weighted by molar-refractivity contribution is 4.85. The van der Waals surface area contributed by atoms with Crippen LogP contribution in [0.5, 0.6) is 0 Å². The number of hydrogen-bond donors (Lipinski definition) is 0. The molecule has 0 aromatic heterocycles. The first-order valence-electron chi connectivity index (χ1n) is 2.71. The predicted molar refractivity (Wildman–Crippen MR) is 24.3 cm³/mol. The van der Waals surface area contributed by atoms with E-state index in [1.807, 2.05) is 0 Å². The Hall–Kier alpha value is -0.460. The van der Waals surface area contributed by atoms with Gasteiger partial charge in [-0.1, -0.05) is 6.55 Å². The van der Waals surface area contributed by atoms with E-state index in [0.29, 0.717) is 0 Å². The monoisotopic (exact) mass is 85.1 g/mol. The highest BCUT2D eigenvalue weighted by atomic mass is 16.5. The van der Waals surface area contributed by atoms with Crippen LogP contribution in [0.1, 0.15) is 14.2 Å². The van der Waals surface area contributed by atoms with Crippen molar-refractivity contribution < 1.29 is 6.11 Å². The molecule has 0 atom stereocenters. The van der Waals surface area contributed by atoms with Crippen molar-refractivity contribution in [3.8, 4) is 0 Å². The third kappa shape index (κ3) is 0.534. The fourth-order valence-corrected chi connectivity index (χ4v) is 0.522. The quantitative estimate of drug-likeness (QED) is 0.431. The molecule has 1 aliphatic rings. The molecule has 0 radical (unpaired) electrons. The average Bonchev–Trinajstić information content (AvgIpc) is 2.14. The molecule has 6 heavy (non-hydrogen) atoms. The molecular weight excluding hydrogens is 76.1 g/mol. The number of hydrogen-bond acceptors (Lipinski definition) is 1. The van der Waals surface area contributed by atoms with Crippen LogP contribution in [-0.2, 0) is 4.74 Å². The van der Waals surface area contributed by atoms with Crippen LogP contribution < -0.4 is 0 Å². The molecule has 1 rings (SSSR count). The molecule has 1 heterocycles. The maximum absolute atomic E-state index is 6.71. The Labute approximate surface area is 39.0 Å². The predicted octanol–water partition coefficient (Wildman–Crippen LogP) is 1.31. The smallest absolute Gasteiger partial charge is 0.0889 e. The second-order valence-corrected chi connectivity index (χ2v) is 1.42. The van der Waals surface area contributed by atoms with Gasteiger partial charge in [-0.2, -0.15) is 0 Å². The molecule has 0 aromatic carbocycles. The molecule has 1 aliphatic heterocycles. The van der Waals surface area contributed by atoms with Gasteiger partial charge in [-0.05, 0) is 6.42 Å². The van der Waals surface area contributed by atoms with Crippen LogP contribution in [0.25, 0.3) is 0 Å². The van der Waals surface area contributed by atoms with Gasteiger partial charge in [0.1, 0.15) is 0 Å². The minimum absolute atomic E-state index is 0.810. The first kappa shape index (κ1) is 2.67. The van der Waals surface area contributed by atoms with Crippen LogP contribution in [0.2, 0.25) is 0 Å². The van der Waals surface area contributed by atoms with E-state index in [1.54, 1.807) is 0 Å². The summed E-state index contributed by atoms with van der Waals surface area (Å²) >= 11 is 0.